The molecule has 4 rings (SSSR count). The van der Waals surface area contributed by atoms with Crippen molar-refractivity contribution in [2.45, 2.75) is 25.7 Å². The van der Waals surface area contributed by atoms with Gasteiger partial charge in [-0.1, -0.05) is 12.1 Å². The fourth-order valence-corrected chi connectivity index (χ4v) is 4.07. The maximum Gasteiger partial charge on any atom is 0.123 e. The zero-order valence-electron chi connectivity index (χ0n) is 15.7. The molecule has 0 unspecified atom stereocenters. The van der Waals surface area contributed by atoms with Gasteiger partial charge < -0.3 is 9.64 Å². The van der Waals surface area contributed by atoms with Gasteiger partial charge >= 0.3 is 0 Å². The Bertz CT molecular complexity index is 730. The molecule has 1 fully saturated rings. The lowest BCUT2D eigenvalue weighted by Gasteiger charge is -2.36. The highest BCUT2D eigenvalue weighted by molar-refractivity contribution is 5.85. The molecule has 3 nitrogen and oxygen atoms in total. The second-order valence-corrected chi connectivity index (χ2v) is 7.25. The Morgan fingerprint density at radius 1 is 0.926 bits per heavy atom. The smallest absolute Gasteiger partial charge is 0.123 e. The molecule has 1 heterocycles. The van der Waals surface area contributed by atoms with E-state index in [0.717, 1.165) is 63.6 Å². The Balaban J connectivity index is 0.00000210. The zero-order valence-corrected chi connectivity index (χ0v) is 16.5. The van der Waals surface area contributed by atoms with Crippen LogP contribution in [-0.2, 0) is 12.8 Å². The standard InChI is InChI=1S/C22H27FN2O.ClH/c23-19-8-10-20(11-9-19)25-15-13-24(14-16-25)12-3-17-26-22-7-2-5-18-4-1-6-21(18)22;/h2,5,7-11H,1,3-4,6,12-17H2;1H. The molecule has 0 saturated carbocycles. The number of anilines is 1. The number of benzene rings is 2. The second kappa shape index (κ2) is 9.43. The maximum absolute atomic E-state index is 13.0. The summed E-state index contributed by atoms with van der Waals surface area (Å²) in [5.41, 5.74) is 4.02. The number of rotatable bonds is 6. The van der Waals surface area contributed by atoms with Crippen molar-refractivity contribution >= 4 is 18.1 Å². The molecule has 5 heteroatoms. The predicted molar refractivity (Wildman–Crippen MR) is 111 cm³/mol. The SMILES string of the molecule is Cl.Fc1ccc(N2CCN(CCCOc3cccc4c3CCC4)CC2)cc1. The summed E-state index contributed by atoms with van der Waals surface area (Å²) in [5, 5.41) is 0. The highest BCUT2D eigenvalue weighted by Crippen LogP contribution is 2.30. The molecule has 146 valence electrons. The number of halogens is 2. The number of hydrogen-bond acceptors (Lipinski definition) is 3. The number of ether oxygens (including phenoxy) is 1. The zero-order chi connectivity index (χ0) is 17.8. The molecule has 0 bridgehead atoms. The molecule has 1 saturated heterocycles. The van der Waals surface area contributed by atoms with Gasteiger partial charge in [0, 0.05) is 38.4 Å². The van der Waals surface area contributed by atoms with Crippen LogP contribution in [0.5, 0.6) is 5.75 Å². The molecule has 2 aromatic rings. The van der Waals surface area contributed by atoms with E-state index in [9.17, 15) is 4.39 Å². The van der Waals surface area contributed by atoms with Crippen LogP contribution in [0.2, 0.25) is 0 Å². The summed E-state index contributed by atoms with van der Waals surface area (Å²) in [6.45, 7) is 5.97. The van der Waals surface area contributed by atoms with Crippen molar-refractivity contribution < 1.29 is 9.13 Å². The quantitative estimate of drug-likeness (QED) is 0.683. The number of nitrogens with zero attached hydrogens (tertiary/aromatic N) is 2. The normalized spacial score (nSPS) is 16.7. The molecule has 1 aliphatic carbocycles. The minimum Gasteiger partial charge on any atom is -0.493 e. The van der Waals surface area contributed by atoms with Gasteiger partial charge in [0.15, 0.2) is 0 Å². The monoisotopic (exact) mass is 390 g/mol. The molecule has 0 amide bonds. The van der Waals surface area contributed by atoms with Crippen LogP contribution in [-0.4, -0.2) is 44.2 Å². The fourth-order valence-electron chi connectivity index (χ4n) is 4.07. The third-order valence-corrected chi connectivity index (χ3v) is 5.54. The summed E-state index contributed by atoms with van der Waals surface area (Å²) in [6, 6.07) is 13.3. The molecule has 0 N–H and O–H groups in total. The number of piperazine rings is 1. The average Bonchev–Trinajstić information content (AvgIpc) is 3.16. The summed E-state index contributed by atoms with van der Waals surface area (Å²) >= 11 is 0. The van der Waals surface area contributed by atoms with Crippen LogP contribution in [0.1, 0.15) is 24.0 Å². The van der Waals surface area contributed by atoms with Crippen LogP contribution in [0.3, 0.4) is 0 Å². The molecular formula is C22H28ClFN2O. The Labute approximate surface area is 167 Å². The van der Waals surface area contributed by atoms with Crippen LogP contribution in [0.25, 0.3) is 0 Å². The van der Waals surface area contributed by atoms with Crippen molar-refractivity contribution in [1.29, 1.82) is 0 Å². The van der Waals surface area contributed by atoms with Gasteiger partial charge in [0.05, 0.1) is 6.61 Å². The minimum atomic E-state index is -0.170. The Kier molecular flexibility index (Phi) is 6.97. The Morgan fingerprint density at radius 3 is 2.48 bits per heavy atom. The molecule has 27 heavy (non-hydrogen) atoms. The van der Waals surface area contributed by atoms with E-state index in [1.54, 1.807) is 12.1 Å². The van der Waals surface area contributed by atoms with Gasteiger partial charge in [-0.15, -0.1) is 12.4 Å². The van der Waals surface area contributed by atoms with Crippen LogP contribution < -0.4 is 9.64 Å². The van der Waals surface area contributed by atoms with Crippen molar-refractivity contribution in [3.63, 3.8) is 0 Å². The summed E-state index contributed by atoms with van der Waals surface area (Å²) in [7, 11) is 0. The minimum absolute atomic E-state index is 0. The third kappa shape index (κ3) is 4.94. The number of hydrogen-bond donors (Lipinski definition) is 0. The highest BCUT2D eigenvalue weighted by Gasteiger charge is 2.18. The molecule has 2 aliphatic rings. The van der Waals surface area contributed by atoms with E-state index in [4.69, 9.17) is 4.74 Å². The van der Waals surface area contributed by atoms with Crippen molar-refractivity contribution in [1.82, 2.24) is 4.90 Å². The van der Waals surface area contributed by atoms with Crippen LogP contribution >= 0.6 is 12.4 Å². The lowest BCUT2D eigenvalue weighted by molar-refractivity contribution is 0.224. The van der Waals surface area contributed by atoms with E-state index >= 15 is 0 Å². The topological polar surface area (TPSA) is 15.7 Å². The Morgan fingerprint density at radius 2 is 1.70 bits per heavy atom. The van der Waals surface area contributed by atoms with Gasteiger partial charge in [0.2, 0.25) is 0 Å². The van der Waals surface area contributed by atoms with Crippen LogP contribution in [0, 0.1) is 5.82 Å². The van der Waals surface area contributed by atoms with Crippen LogP contribution in [0.4, 0.5) is 10.1 Å². The van der Waals surface area contributed by atoms with Crippen molar-refractivity contribution in [2.75, 3.05) is 44.2 Å². The lowest BCUT2D eigenvalue weighted by Crippen LogP contribution is -2.46. The second-order valence-electron chi connectivity index (χ2n) is 7.25. The van der Waals surface area contributed by atoms with Gasteiger partial charge in [-0.2, -0.15) is 0 Å². The fraction of sp³-hybridized carbons (Fsp3) is 0.455. The van der Waals surface area contributed by atoms with Crippen molar-refractivity contribution in [3.05, 3.63) is 59.4 Å². The first kappa shape index (κ1) is 20.0. The highest BCUT2D eigenvalue weighted by atomic mass is 35.5. The molecule has 2 aromatic carbocycles. The molecule has 0 radical (unpaired) electrons. The van der Waals surface area contributed by atoms with E-state index in [0.29, 0.717) is 0 Å². The van der Waals surface area contributed by atoms with E-state index in [1.165, 1.54) is 24.0 Å². The first-order chi connectivity index (χ1) is 12.8. The molecule has 1 aliphatic heterocycles. The summed E-state index contributed by atoms with van der Waals surface area (Å²) in [4.78, 5) is 4.83. The van der Waals surface area contributed by atoms with Gasteiger partial charge in [0.1, 0.15) is 11.6 Å². The van der Waals surface area contributed by atoms with Gasteiger partial charge in [0.25, 0.3) is 0 Å². The van der Waals surface area contributed by atoms with E-state index in [2.05, 4.69) is 28.0 Å². The molecule has 0 spiro atoms. The summed E-state index contributed by atoms with van der Waals surface area (Å²) in [5.74, 6) is 0.928. The summed E-state index contributed by atoms with van der Waals surface area (Å²) in [6.07, 6.45) is 4.68. The lowest BCUT2D eigenvalue weighted by atomic mass is 10.1. The summed E-state index contributed by atoms with van der Waals surface area (Å²) < 4.78 is 19.1. The van der Waals surface area contributed by atoms with E-state index in [-0.39, 0.29) is 18.2 Å². The Hall–Kier alpha value is -1.78. The number of fused-ring (bicyclic) bond motifs is 1. The molecule has 0 aromatic heterocycles. The first-order valence-corrected chi connectivity index (χ1v) is 9.76. The van der Waals surface area contributed by atoms with Crippen LogP contribution in [0.15, 0.2) is 42.5 Å². The van der Waals surface area contributed by atoms with Crippen molar-refractivity contribution in [2.24, 2.45) is 0 Å². The first-order valence-electron chi connectivity index (χ1n) is 9.76. The van der Waals surface area contributed by atoms with Crippen molar-refractivity contribution in [3.8, 4) is 5.75 Å². The van der Waals surface area contributed by atoms with E-state index < -0.39 is 0 Å². The van der Waals surface area contributed by atoms with Gasteiger partial charge in [-0.3, -0.25) is 4.90 Å². The van der Waals surface area contributed by atoms with Gasteiger partial charge in [-0.05, 0) is 67.1 Å². The molecule has 0 atom stereocenters. The van der Waals surface area contributed by atoms with E-state index in [1.807, 2.05) is 12.1 Å². The predicted octanol–water partition coefficient (Wildman–Crippen LogP) is 4.33. The number of aryl methyl sites for hydroxylation is 1. The maximum atomic E-state index is 13.0. The van der Waals surface area contributed by atoms with Gasteiger partial charge in [-0.25, -0.2) is 4.39 Å². The third-order valence-electron chi connectivity index (χ3n) is 5.54. The molecular weight excluding hydrogens is 363 g/mol. The average molecular weight is 391 g/mol. The largest absolute Gasteiger partial charge is 0.493 e.